The van der Waals surface area contributed by atoms with Crippen LogP contribution in [-0.2, 0) is 13.0 Å². The highest BCUT2D eigenvalue weighted by Gasteiger charge is 2.26. The van der Waals surface area contributed by atoms with Crippen molar-refractivity contribution in [2.75, 3.05) is 27.3 Å². The van der Waals surface area contributed by atoms with E-state index in [1.165, 1.54) is 0 Å². The van der Waals surface area contributed by atoms with Crippen LogP contribution in [0.25, 0.3) is 10.9 Å². The minimum absolute atomic E-state index is 0.0131. The van der Waals surface area contributed by atoms with Crippen molar-refractivity contribution in [3.05, 3.63) is 29.5 Å². The first kappa shape index (κ1) is 14.9. The van der Waals surface area contributed by atoms with Gasteiger partial charge < -0.3 is 19.3 Å². The summed E-state index contributed by atoms with van der Waals surface area (Å²) < 4.78 is 7.29. The van der Waals surface area contributed by atoms with E-state index in [2.05, 4.69) is 0 Å². The molecule has 0 saturated carbocycles. The molecule has 1 aromatic carbocycles. The summed E-state index contributed by atoms with van der Waals surface area (Å²) in [5.74, 6) is 0.831. The van der Waals surface area contributed by atoms with Crippen molar-refractivity contribution >= 4 is 16.8 Å². The maximum Gasteiger partial charge on any atom is 0.270 e. The van der Waals surface area contributed by atoms with Gasteiger partial charge in [-0.3, -0.25) is 4.79 Å². The molecule has 5 nitrogen and oxygen atoms in total. The second-order valence-electron chi connectivity index (χ2n) is 5.77. The summed E-state index contributed by atoms with van der Waals surface area (Å²) in [7, 11) is 3.49. The zero-order valence-corrected chi connectivity index (χ0v) is 13.1. The number of amides is 1. The highest BCUT2D eigenvalue weighted by Crippen LogP contribution is 2.32. The lowest BCUT2D eigenvalue weighted by Gasteiger charge is -2.22. The standard InChI is InChI=1S/C17H22N2O3/c1-18-8-4-3-5-13-14-11-12(22-2)6-7-15(14)19(9-10-20)16(13)17(18)21/h6-7,11,20H,3-5,8-10H2,1-2H3. The number of ether oxygens (including phenoxy) is 1. The number of hydrogen-bond donors (Lipinski definition) is 1. The van der Waals surface area contributed by atoms with E-state index < -0.39 is 0 Å². The molecule has 118 valence electrons. The summed E-state index contributed by atoms with van der Waals surface area (Å²) in [6, 6.07) is 5.87. The molecule has 2 heterocycles. The van der Waals surface area contributed by atoms with Gasteiger partial charge in [0.25, 0.3) is 5.91 Å². The van der Waals surface area contributed by atoms with Crippen LogP contribution in [0, 0.1) is 0 Å². The molecule has 1 aromatic heterocycles. The zero-order chi connectivity index (χ0) is 15.7. The smallest absolute Gasteiger partial charge is 0.270 e. The van der Waals surface area contributed by atoms with Crippen LogP contribution in [0.15, 0.2) is 18.2 Å². The summed E-state index contributed by atoms with van der Waals surface area (Å²) in [5.41, 5.74) is 2.79. The number of carbonyl (C=O) groups is 1. The van der Waals surface area contributed by atoms with Gasteiger partial charge in [0.2, 0.25) is 0 Å². The van der Waals surface area contributed by atoms with Crippen molar-refractivity contribution in [3.63, 3.8) is 0 Å². The minimum Gasteiger partial charge on any atom is -0.497 e. The average Bonchev–Trinajstić information content (AvgIpc) is 2.82. The lowest BCUT2D eigenvalue weighted by atomic mass is 10.0. The van der Waals surface area contributed by atoms with Crippen LogP contribution >= 0.6 is 0 Å². The van der Waals surface area contributed by atoms with Gasteiger partial charge in [-0.1, -0.05) is 0 Å². The van der Waals surface area contributed by atoms with Crippen LogP contribution in [0.2, 0.25) is 0 Å². The molecular weight excluding hydrogens is 280 g/mol. The molecule has 22 heavy (non-hydrogen) atoms. The fraction of sp³-hybridized carbons (Fsp3) is 0.471. The van der Waals surface area contributed by atoms with Gasteiger partial charge in [-0.15, -0.1) is 0 Å². The Balaban J connectivity index is 2.29. The van der Waals surface area contributed by atoms with Gasteiger partial charge in [0.1, 0.15) is 11.4 Å². The van der Waals surface area contributed by atoms with Crippen molar-refractivity contribution in [1.82, 2.24) is 9.47 Å². The fourth-order valence-electron chi connectivity index (χ4n) is 3.29. The van der Waals surface area contributed by atoms with Gasteiger partial charge in [0, 0.05) is 31.0 Å². The molecule has 3 rings (SSSR count). The van der Waals surface area contributed by atoms with Crippen LogP contribution in [0.5, 0.6) is 5.75 Å². The monoisotopic (exact) mass is 302 g/mol. The number of aromatic nitrogens is 1. The van der Waals surface area contributed by atoms with Crippen LogP contribution in [0.1, 0.15) is 28.9 Å². The van der Waals surface area contributed by atoms with Gasteiger partial charge in [-0.25, -0.2) is 0 Å². The molecule has 5 heteroatoms. The predicted molar refractivity (Wildman–Crippen MR) is 85.5 cm³/mol. The molecule has 1 aliphatic rings. The molecular formula is C17H22N2O3. The first-order valence-corrected chi connectivity index (χ1v) is 7.72. The third-order valence-corrected chi connectivity index (χ3v) is 4.42. The molecule has 0 spiro atoms. The van der Waals surface area contributed by atoms with Gasteiger partial charge >= 0.3 is 0 Å². The van der Waals surface area contributed by atoms with E-state index in [1.807, 2.05) is 29.8 Å². The number of methoxy groups -OCH3 is 1. The number of hydrogen-bond acceptors (Lipinski definition) is 3. The Hall–Kier alpha value is -2.01. The Morgan fingerprint density at radius 1 is 1.32 bits per heavy atom. The molecule has 0 aliphatic carbocycles. The number of benzene rings is 1. The molecule has 1 amide bonds. The summed E-state index contributed by atoms with van der Waals surface area (Å²) >= 11 is 0. The van der Waals surface area contributed by atoms with Gasteiger partial charge in [-0.05, 0) is 43.0 Å². The zero-order valence-electron chi connectivity index (χ0n) is 13.1. The number of aliphatic hydroxyl groups is 1. The molecule has 0 bridgehead atoms. The quantitative estimate of drug-likeness (QED) is 0.944. The molecule has 0 unspecified atom stereocenters. The maximum atomic E-state index is 12.8. The Morgan fingerprint density at radius 3 is 2.86 bits per heavy atom. The number of aliphatic hydroxyl groups excluding tert-OH is 1. The topological polar surface area (TPSA) is 54.7 Å². The van der Waals surface area contributed by atoms with Crippen LogP contribution in [0.3, 0.4) is 0 Å². The first-order valence-electron chi connectivity index (χ1n) is 7.72. The fourth-order valence-corrected chi connectivity index (χ4v) is 3.29. The second-order valence-corrected chi connectivity index (χ2v) is 5.77. The normalized spacial score (nSPS) is 15.6. The number of nitrogens with zero attached hydrogens (tertiary/aromatic N) is 2. The van der Waals surface area contributed by atoms with E-state index in [4.69, 9.17) is 4.74 Å². The van der Waals surface area contributed by atoms with Crippen molar-refractivity contribution in [3.8, 4) is 5.75 Å². The Kier molecular flexibility index (Phi) is 4.07. The van der Waals surface area contributed by atoms with Crippen molar-refractivity contribution in [2.24, 2.45) is 0 Å². The van der Waals surface area contributed by atoms with Crippen LogP contribution in [0.4, 0.5) is 0 Å². The minimum atomic E-state index is 0.0131. The summed E-state index contributed by atoms with van der Waals surface area (Å²) in [6.45, 7) is 1.22. The summed E-state index contributed by atoms with van der Waals surface area (Å²) in [5, 5.41) is 10.5. The summed E-state index contributed by atoms with van der Waals surface area (Å²) in [4.78, 5) is 14.6. The van der Waals surface area contributed by atoms with Gasteiger partial charge in [-0.2, -0.15) is 0 Å². The van der Waals surface area contributed by atoms with Crippen LogP contribution in [-0.4, -0.2) is 47.8 Å². The van der Waals surface area contributed by atoms with E-state index in [1.54, 1.807) is 12.0 Å². The number of fused-ring (bicyclic) bond motifs is 3. The lowest BCUT2D eigenvalue weighted by molar-refractivity contribution is 0.0776. The van der Waals surface area contributed by atoms with E-state index >= 15 is 0 Å². The van der Waals surface area contributed by atoms with Gasteiger partial charge in [0.15, 0.2) is 0 Å². The third kappa shape index (κ3) is 2.35. The van der Waals surface area contributed by atoms with Gasteiger partial charge in [0.05, 0.1) is 13.7 Å². The Morgan fingerprint density at radius 2 is 2.14 bits per heavy atom. The summed E-state index contributed by atoms with van der Waals surface area (Å²) in [6.07, 6.45) is 2.95. The average molecular weight is 302 g/mol. The highest BCUT2D eigenvalue weighted by atomic mass is 16.5. The largest absolute Gasteiger partial charge is 0.497 e. The molecule has 0 saturated heterocycles. The van der Waals surface area contributed by atoms with Crippen LogP contribution < -0.4 is 4.74 Å². The molecule has 0 atom stereocenters. The molecule has 1 aliphatic heterocycles. The number of carbonyl (C=O) groups excluding carboxylic acids is 1. The second kappa shape index (κ2) is 6.01. The SMILES string of the molecule is COc1ccc2c(c1)c1c(n2CCO)C(=O)N(C)CCCC1. The van der Waals surface area contributed by atoms with E-state index in [-0.39, 0.29) is 12.5 Å². The molecule has 1 N–H and O–H groups in total. The van der Waals surface area contributed by atoms with E-state index in [9.17, 15) is 9.90 Å². The lowest BCUT2D eigenvalue weighted by Crippen LogP contribution is -2.32. The molecule has 2 aromatic rings. The van der Waals surface area contributed by atoms with Crippen molar-refractivity contribution < 1.29 is 14.6 Å². The Labute approximate surface area is 130 Å². The maximum absolute atomic E-state index is 12.8. The first-order chi connectivity index (χ1) is 10.7. The van der Waals surface area contributed by atoms with E-state index in [0.717, 1.165) is 53.7 Å². The number of aryl methyl sites for hydroxylation is 1. The van der Waals surface area contributed by atoms with Crippen molar-refractivity contribution in [1.29, 1.82) is 0 Å². The molecule has 0 radical (unpaired) electrons. The third-order valence-electron chi connectivity index (χ3n) is 4.42. The Bertz CT molecular complexity index is 705. The van der Waals surface area contributed by atoms with E-state index in [0.29, 0.717) is 6.54 Å². The number of rotatable bonds is 3. The highest BCUT2D eigenvalue weighted by molar-refractivity contribution is 6.02. The molecule has 0 fully saturated rings. The van der Waals surface area contributed by atoms with Crippen molar-refractivity contribution in [2.45, 2.75) is 25.8 Å². The predicted octanol–water partition coefficient (Wildman–Crippen LogP) is 2.05.